The van der Waals surface area contributed by atoms with Crippen molar-refractivity contribution in [1.82, 2.24) is 10.6 Å². The Morgan fingerprint density at radius 2 is 0.935 bits per heavy atom. The molecule has 0 aliphatic heterocycles. The second kappa shape index (κ2) is 16.4. The van der Waals surface area contributed by atoms with Gasteiger partial charge in [-0.3, -0.25) is 9.59 Å². The molecule has 4 aromatic carbocycles. The summed E-state index contributed by atoms with van der Waals surface area (Å²) in [6, 6.07) is 24.4. The van der Waals surface area contributed by atoms with Crippen molar-refractivity contribution in [3.05, 3.63) is 119 Å². The lowest BCUT2D eigenvalue weighted by atomic mass is 10.1. The Kier molecular flexibility index (Phi) is 12.1. The number of rotatable bonds is 13. The number of esters is 2. The van der Waals surface area contributed by atoms with Gasteiger partial charge in [0.2, 0.25) is 0 Å². The van der Waals surface area contributed by atoms with E-state index in [9.17, 15) is 29.4 Å². The lowest BCUT2D eigenvalue weighted by molar-refractivity contribution is -0.143. The third kappa shape index (κ3) is 9.29. The minimum absolute atomic E-state index is 0.0854. The van der Waals surface area contributed by atoms with Crippen LogP contribution >= 0.6 is 21.6 Å². The number of phenolic OH excluding ortho intramolecular Hbond substituents is 2. The van der Waals surface area contributed by atoms with E-state index in [0.717, 1.165) is 11.1 Å². The molecule has 46 heavy (non-hydrogen) atoms. The fourth-order valence-electron chi connectivity index (χ4n) is 4.42. The first-order valence-corrected chi connectivity index (χ1v) is 16.2. The molecule has 0 fully saturated rings. The first kappa shape index (κ1) is 33.9. The Hall–Kier alpha value is -4.94. The van der Waals surface area contributed by atoms with Gasteiger partial charge >= 0.3 is 11.9 Å². The Bertz CT molecular complexity index is 1550. The maximum absolute atomic E-state index is 13.4. The molecular formula is C34H32N2O8S2. The molecule has 0 heterocycles. The predicted molar refractivity (Wildman–Crippen MR) is 175 cm³/mol. The molecule has 2 amide bonds. The van der Waals surface area contributed by atoms with Crippen LogP contribution in [0.4, 0.5) is 0 Å². The van der Waals surface area contributed by atoms with E-state index in [1.165, 1.54) is 60.1 Å². The van der Waals surface area contributed by atoms with E-state index in [1.807, 2.05) is 0 Å². The van der Waals surface area contributed by atoms with Crippen LogP contribution in [0.2, 0.25) is 0 Å². The fraction of sp³-hybridized carbons (Fsp3) is 0.176. The van der Waals surface area contributed by atoms with Crippen LogP contribution in [-0.2, 0) is 31.9 Å². The summed E-state index contributed by atoms with van der Waals surface area (Å²) in [5.41, 5.74) is 2.08. The van der Waals surface area contributed by atoms with Crippen LogP contribution in [0.3, 0.4) is 0 Å². The molecule has 0 aliphatic rings. The van der Waals surface area contributed by atoms with Crippen LogP contribution < -0.4 is 10.6 Å². The average Bonchev–Trinajstić information content (AvgIpc) is 3.08. The number of nitrogens with one attached hydrogen (secondary N) is 2. The summed E-state index contributed by atoms with van der Waals surface area (Å²) in [6.45, 7) is 0. The molecule has 4 rings (SSSR count). The number of phenols is 2. The third-order valence-electron chi connectivity index (χ3n) is 6.82. The van der Waals surface area contributed by atoms with E-state index in [-0.39, 0.29) is 24.3 Å². The highest BCUT2D eigenvalue weighted by Crippen LogP contribution is 2.40. The van der Waals surface area contributed by atoms with Crippen molar-refractivity contribution in [3.8, 4) is 11.5 Å². The Balaban J connectivity index is 1.48. The zero-order chi connectivity index (χ0) is 33.1. The number of hydrogen-bond donors (Lipinski definition) is 4. The second-order valence-corrected chi connectivity index (χ2v) is 12.2. The van der Waals surface area contributed by atoms with Gasteiger partial charge < -0.3 is 30.3 Å². The quantitative estimate of drug-likeness (QED) is 0.115. The van der Waals surface area contributed by atoms with E-state index in [4.69, 9.17) is 9.47 Å². The van der Waals surface area contributed by atoms with Gasteiger partial charge in [0.25, 0.3) is 11.8 Å². The molecule has 0 aromatic heterocycles. The fourth-order valence-corrected chi connectivity index (χ4v) is 6.78. The molecule has 0 unspecified atom stereocenters. The number of carbonyl (C=O) groups excluding carboxylic acids is 4. The summed E-state index contributed by atoms with van der Waals surface area (Å²) in [5.74, 6) is -2.03. The molecule has 0 saturated heterocycles. The van der Waals surface area contributed by atoms with Gasteiger partial charge in [0.05, 0.1) is 25.3 Å². The standard InChI is InChI=1S/C34H32N2O8S2/c1-43-33(41)27(19-21-11-15-23(37)16-12-21)35-31(39)25-7-3-5-9-29(25)45-46-30-10-6-4-8-26(30)32(40)36-28(34(42)44-2)20-22-13-17-24(38)18-14-22/h3-18,27-28,37-38H,19-20H2,1-2H3,(H,35,39)(H,36,40)/t27-,28-/m0/s1. The number of hydrogen-bond acceptors (Lipinski definition) is 10. The number of aromatic hydroxyl groups is 2. The Morgan fingerprint density at radius 1 is 0.587 bits per heavy atom. The molecule has 238 valence electrons. The van der Waals surface area contributed by atoms with Gasteiger partial charge in [0, 0.05) is 22.6 Å². The SMILES string of the molecule is COC(=O)[C@H](Cc1ccc(O)cc1)NC(=O)c1ccccc1SSc1ccccc1C(=O)N[C@@H](Cc1ccc(O)cc1)C(=O)OC. The smallest absolute Gasteiger partial charge is 0.328 e. The van der Waals surface area contributed by atoms with Gasteiger partial charge in [-0.2, -0.15) is 0 Å². The number of benzene rings is 4. The minimum atomic E-state index is -0.971. The van der Waals surface area contributed by atoms with Gasteiger partial charge in [-0.05, 0) is 59.7 Å². The lowest BCUT2D eigenvalue weighted by Crippen LogP contribution is -2.43. The molecule has 0 aliphatic carbocycles. The van der Waals surface area contributed by atoms with Crippen molar-refractivity contribution in [2.75, 3.05) is 14.2 Å². The van der Waals surface area contributed by atoms with Gasteiger partial charge in [-0.15, -0.1) is 0 Å². The lowest BCUT2D eigenvalue weighted by Gasteiger charge is -2.18. The van der Waals surface area contributed by atoms with E-state index in [2.05, 4.69) is 10.6 Å². The van der Waals surface area contributed by atoms with Crippen molar-refractivity contribution in [2.45, 2.75) is 34.7 Å². The predicted octanol–water partition coefficient (Wildman–Crippen LogP) is 4.93. The summed E-state index contributed by atoms with van der Waals surface area (Å²) in [6.07, 6.45) is 0.315. The van der Waals surface area contributed by atoms with Gasteiger partial charge in [-0.1, -0.05) is 70.1 Å². The highest BCUT2D eigenvalue weighted by molar-refractivity contribution is 8.76. The van der Waals surface area contributed by atoms with E-state index >= 15 is 0 Å². The van der Waals surface area contributed by atoms with Gasteiger partial charge in [0.1, 0.15) is 23.6 Å². The summed E-state index contributed by atoms with van der Waals surface area (Å²) in [5, 5.41) is 24.7. The summed E-state index contributed by atoms with van der Waals surface area (Å²) >= 11 is 0. The molecule has 0 spiro atoms. The van der Waals surface area contributed by atoms with E-state index in [0.29, 0.717) is 20.9 Å². The van der Waals surface area contributed by atoms with Crippen LogP contribution in [0, 0.1) is 0 Å². The van der Waals surface area contributed by atoms with Crippen molar-refractivity contribution in [3.63, 3.8) is 0 Å². The van der Waals surface area contributed by atoms with Gasteiger partial charge in [-0.25, -0.2) is 9.59 Å². The van der Waals surface area contributed by atoms with E-state index in [1.54, 1.807) is 72.8 Å². The molecule has 0 saturated carbocycles. The monoisotopic (exact) mass is 660 g/mol. The molecule has 0 bridgehead atoms. The zero-order valence-electron chi connectivity index (χ0n) is 25.0. The van der Waals surface area contributed by atoms with Crippen molar-refractivity contribution < 1.29 is 38.9 Å². The summed E-state index contributed by atoms with van der Waals surface area (Å²) < 4.78 is 9.83. The molecule has 2 atom stereocenters. The first-order chi connectivity index (χ1) is 22.2. The largest absolute Gasteiger partial charge is 0.508 e. The highest BCUT2D eigenvalue weighted by atomic mass is 33.1. The van der Waals surface area contributed by atoms with Crippen molar-refractivity contribution >= 4 is 45.3 Å². The first-order valence-electron chi connectivity index (χ1n) is 14.0. The Morgan fingerprint density at radius 3 is 1.28 bits per heavy atom. The van der Waals surface area contributed by atoms with Crippen LogP contribution in [0.5, 0.6) is 11.5 Å². The maximum Gasteiger partial charge on any atom is 0.328 e. The number of ether oxygens (including phenoxy) is 2. The molecule has 12 heteroatoms. The average molecular weight is 661 g/mol. The molecule has 4 aromatic rings. The summed E-state index contributed by atoms with van der Waals surface area (Å²) in [7, 11) is 5.00. The Labute approximate surface area is 273 Å². The van der Waals surface area contributed by atoms with Crippen LogP contribution in [-0.4, -0.2) is 60.3 Å². The van der Waals surface area contributed by atoms with Gasteiger partial charge in [0.15, 0.2) is 0 Å². The highest BCUT2D eigenvalue weighted by Gasteiger charge is 2.26. The van der Waals surface area contributed by atoms with Crippen molar-refractivity contribution in [1.29, 1.82) is 0 Å². The normalized spacial score (nSPS) is 12.0. The topological polar surface area (TPSA) is 151 Å². The second-order valence-electron chi connectivity index (χ2n) is 10.00. The van der Waals surface area contributed by atoms with E-state index < -0.39 is 35.8 Å². The van der Waals surface area contributed by atoms with Crippen molar-refractivity contribution in [2.24, 2.45) is 0 Å². The molecule has 0 radical (unpaired) electrons. The number of amides is 2. The molecule has 10 nitrogen and oxygen atoms in total. The summed E-state index contributed by atoms with van der Waals surface area (Å²) in [4.78, 5) is 53.1. The van der Waals surface area contributed by atoms with Crippen LogP contribution in [0.25, 0.3) is 0 Å². The maximum atomic E-state index is 13.4. The minimum Gasteiger partial charge on any atom is -0.508 e. The number of carbonyl (C=O) groups is 4. The van der Waals surface area contributed by atoms with Crippen LogP contribution in [0.1, 0.15) is 31.8 Å². The zero-order valence-corrected chi connectivity index (χ0v) is 26.6. The molecular weight excluding hydrogens is 629 g/mol. The van der Waals surface area contributed by atoms with Crippen LogP contribution in [0.15, 0.2) is 107 Å². The third-order valence-corrected chi connectivity index (χ3v) is 9.30. The number of methoxy groups -OCH3 is 2. The molecule has 4 N–H and O–H groups in total.